The largest absolute Gasteiger partial charge is 0.316 e. The monoisotopic (exact) mass is 330 g/mol. The van der Waals surface area contributed by atoms with E-state index in [1.807, 2.05) is 40.1 Å². The van der Waals surface area contributed by atoms with Crippen LogP contribution < -0.4 is 10.0 Å². The van der Waals surface area contributed by atoms with E-state index in [0.29, 0.717) is 11.4 Å². The van der Waals surface area contributed by atoms with Gasteiger partial charge >= 0.3 is 0 Å². The summed E-state index contributed by atoms with van der Waals surface area (Å²) in [6.45, 7) is 6.47. The lowest BCUT2D eigenvalue weighted by atomic mass is 10.1. The Balaban J connectivity index is 3.17. The number of thioether (sulfide) groups is 1. The van der Waals surface area contributed by atoms with Gasteiger partial charge in [0.1, 0.15) is 0 Å². The van der Waals surface area contributed by atoms with Gasteiger partial charge in [0.2, 0.25) is 10.0 Å². The molecule has 0 bridgehead atoms. The second kappa shape index (κ2) is 8.17. The molecule has 0 fully saturated rings. The Morgan fingerprint density at radius 2 is 1.95 bits per heavy atom. The minimum Gasteiger partial charge on any atom is -0.316 e. The summed E-state index contributed by atoms with van der Waals surface area (Å²) in [5, 5.41) is 3.06. The van der Waals surface area contributed by atoms with Crippen LogP contribution in [0.15, 0.2) is 17.0 Å². The zero-order chi connectivity index (χ0) is 16.0. The van der Waals surface area contributed by atoms with Gasteiger partial charge in [-0.25, -0.2) is 13.1 Å². The smallest absolute Gasteiger partial charge is 0.241 e. The number of rotatable bonds is 8. The maximum atomic E-state index is 12.7. The van der Waals surface area contributed by atoms with Crippen molar-refractivity contribution >= 4 is 21.8 Å². The molecule has 0 aliphatic rings. The van der Waals surface area contributed by atoms with Crippen molar-refractivity contribution in [2.45, 2.75) is 44.7 Å². The number of nitrogens with one attached hydrogen (secondary N) is 2. The maximum absolute atomic E-state index is 12.7. The van der Waals surface area contributed by atoms with Gasteiger partial charge in [-0.2, -0.15) is 11.8 Å². The molecule has 1 atom stereocenters. The molecule has 0 amide bonds. The fraction of sp³-hybridized carbons (Fsp3) is 0.600. The molecule has 0 spiro atoms. The third-order valence-electron chi connectivity index (χ3n) is 3.53. The molecule has 21 heavy (non-hydrogen) atoms. The third-order valence-corrected chi connectivity index (χ3v) is 5.91. The zero-order valence-corrected chi connectivity index (χ0v) is 15.1. The molecule has 0 heterocycles. The van der Waals surface area contributed by atoms with Crippen molar-refractivity contribution in [1.82, 2.24) is 10.0 Å². The van der Waals surface area contributed by atoms with Crippen LogP contribution in [0.1, 0.15) is 30.0 Å². The van der Waals surface area contributed by atoms with E-state index in [4.69, 9.17) is 0 Å². The molecule has 1 aromatic rings. The predicted octanol–water partition coefficient (Wildman–Crippen LogP) is 2.44. The fourth-order valence-electron chi connectivity index (χ4n) is 2.20. The van der Waals surface area contributed by atoms with Gasteiger partial charge in [0.05, 0.1) is 4.90 Å². The molecular weight excluding hydrogens is 304 g/mol. The minimum absolute atomic E-state index is 0.0299. The second-order valence-electron chi connectivity index (χ2n) is 5.25. The first-order valence-corrected chi connectivity index (χ1v) is 9.99. The number of benzene rings is 1. The lowest BCUT2D eigenvalue weighted by molar-refractivity contribution is 0.557. The van der Waals surface area contributed by atoms with Gasteiger partial charge in [0, 0.05) is 18.3 Å². The maximum Gasteiger partial charge on any atom is 0.241 e. The van der Waals surface area contributed by atoms with Crippen molar-refractivity contribution in [3.63, 3.8) is 0 Å². The molecule has 0 aromatic heterocycles. The van der Waals surface area contributed by atoms with Crippen LogP contribution in [-0.4, -0.2) is 33.5 Å². The van der Waals surface area contributed by atoms with Crippen molar-refractivity contribution in [2.75, 3.05) is 19.1 Å². The van der Waals surface area contributed by atoms with Gasteiger partial charge in [-0.15, -0.1) is 0 Å². The molecule has 1 unspecified atom stereocenters. The van der Waals surface area contributed by atoms with Crippen molar-refractivity contribution in [1.29, 1.82) is 0 Å². The highest BCUT2D eigenvalue weighted by atomic mass is 32.2. The van der Waals surface area contributed by atoms with E-state index in [1.165, 1.54) is 0 Å². The normalized spacial score (nSPS) is 13.4. The average molecular weight is 331 g/mol. The molecule has 4 nitrogen and oxygen atoms in total. The Morgan fingerprint density at radius 1 is 1.29 bits per heavy atom. The highest BCUT2D eigenvalue weighted by Crippen LogP contribution is 2.22. The van der Waals surface area contributed by atoms with Crippen LogP contribution in [0.4, 0.5) is 0 Å². The van der Waals surface area contributed by atoms with E-state index in [-0.39, 0.29) is 6.04 Å². The first-order chi connectivity index (χ1) is 9.85. The minimum atomic E-state index is -3.48. The van der Waals surface area contributed by atoms with E-state index in [2.05, 4.69) is 10.0 Å². The predicted molar refractivity (Wildman–Crippen MR) is 91.5 cm³/mol. The van der Waals surface area contributed by atoms with Crippen LogP contribution in [0.25, 0.3) is 0 Å². The molecule has 0 saturated carbocycles. The summed E-state index contributed by atoms with van der Waals surface area (Å²) in [7, 11) is -1.62. The highest BCUT2D eigenvalue weighted by Gasteiger charge is 2.22. The highest BCUT2D eigenvalue weighted by molar-refractivity contribution is 7.98. The molecule has 0 radical (unpaired) electrons. The van der Waals surface area contributed by atoms with Gasteiger partial charge in [-0.05, 0) is 56.3 Å². The van der Waals surface area contributed by atoms with Gasteiger partial charge in [0.25, 0.3) is 0 Å². The molecule has 120 valence electrons. The first-order valence-electron chi connectivity index (χ1n) is 7.11. The summed E-state index contributed by atoms with van der Waals surface area (Å²) in [4.78, 5) is 0.396. The first kappa shape index (κ1) is 18.5. The Morgan fingerprint density at radius 3 is 2.48 bits per heavy atom. The SMILES string of the molecule is CCC(CSC)NS(=O)(=O)c1cc(CNC)cc(C)c1C. The Bertz CT molecular complexity index is 571. The van der Waals surface area contributed by atoms with Crippen molar-refractivity contribution < 1.29 is 8.42 Å². The molecule has 2 N–H and O–H groups in total. The summed E-state index contributed by atoms with van der Waals surface area (Å²) in [5.74, 6) is 0.782. The van der Waals surface area contributed by atoms with E-state index >= 15 is 0 Å². The van der Waals surface area contributed by atoms with Crippen LogP contribution in [0.2, 0.25) is 0 Å². The van der Waals surface area contributed by atoms with Crippen LogP contribution >= 0.6 is 11.8 Å². The standard InChI is InChI=1S/C15H26N2O2S2/c1-6-14(10-20-5)17-21(18,19)15-8-13(9-16-4)7-11(2)12(15)3/h7-8,14,16-17H,6,9-10H2,1-5H3. The van der Waals surface area contributed by atoms with Crippen molar-refractivity contribution in [3.05, 3.63) is 28.8 Å². The van der Waals surface area contributed by atoms with Gasteiger partial charge < -0.3 is 5.32 Å². The number of aryl methyl sites for hydroxylation is 1. The number of hydrogen-bond donors (Lipinski definition) is 2. The van der Waals surface area contributed by atoms with Crippen molar-refractivity contribution in [3.8, 4) is 0 Å². The fourth-order valence-corrected chi connectivity index (χ4v) is 4.72. The van der Waals surface area contributed by atoms with Crippen LogP contribution in [-0.2, 0) is 16.6 Å². The summed E-state index contributed by atoms with van der Waals surface area (Å²) in [5.41, 5.74) is 2.81. The van der Waals surface area contributed by atoms with Gasteiger partial charge in [-0.3, -0.25) is 0 Å². The molecule has 0 saturated heterocycles. The third kappa shape index (κ3) is 4.98. The van der Waals surface area contributed by atoms with Crippen molar-refractivity contribution in [2.24, 2.45) is 0 Å². The summed E-state index contributed by atoms with van der Waals surface area (Å²) < 4.78 is 28.2. The lowest BCUT2D eigenvalue weighted by Crippen LogP contribution is -2.36. The Labute approximate surface area is 133 Å². The summed E-state index contributed by atoms with van der Waals surface area (Å²) >= 11 is 1.65. The van der Waals surface area contributed by atoms with Crippen LogP contribution in [0, 0.1) is 13.8 Å². The quantitative estimate of drug-likeness (QED) is 0.769. The van der Waals surface area contributed by atoms with E-state index < -0.39 is 10.0 Å². The van der Waals surface area contributed by atoms with Crippen LogP contribution in [0.3, 0.4) is 0 Å². The summed E-state index contributed by atoms with van der Waals surface area (Å²) in [6, 6.07) is 3.77. The lowest BCUT2D eigenvalue weighted by Gasteiger charge is -2.18. The summed E-state index contributed by atoms with van der Waals surface area (Å²) in [6.07, 6.45) is 2.77. The van der Waals surface area contributed by atoms with Crippen LogP contribution in [0.5, 0.6) is 0 Å². The number of sulfonamides is 1. The Kier molecular flexibility index (Phi) is 7.20. The van der Waals surface area contributed by atoms with E-state index in [0.717, 1.165) is 28.9 Å². The molecule has 1 aromatic carbocycles. The number of hydrogen-bond acceptors (Lipinski definition) is 4. The topological polar surface area (TPSA) is 58.2 Å². The van der Waals surface area contributed by atoms with E-state index in [9.17, 15) is 8.42 Å². The van der Waals surface area contributed by atoms with E-state index in [1.54, 1.807) is 17.8 Å². The molecule has 6 heteroatoms. The molecule has 0 aliphatic carbocycles. The molecule has 0 aliphatic heterocycles. The molecule has 1 rings (SSSR count). The van der Waals surface area contributed by atoms with Gasteiger partial charge in [-0.1, -0.05) is 13.0 Å². The second-order valence-corrected chi connectivity index (χ2v) is 7.84. The zero-order valence-electron chi connectivity index (χ0n) is 13.5. The average Bonchev–Trinajstić information content (AvgIpc) is 2.42. The Hall–Kier alpha value is -0.560. The van der Waals surface area contributed by atoms with Gasteiger partial charge in [0.15, 0.2) is 0 Å². The molecular formula is C15H26N2O2S2.